The largest absolute Gasteiger partial charge is 0.344 e. The molecule has 1 saturated heterocycles. The van der Waals surface area contributed by atoms with E-state index < -0.39 is 27.7 Å². The van der Waals surface area contributed by atoms with Crippen molar-refractivity contribution in [3.63, 3.8) is 0 Å². The van der Waals surface area contributed by atoms with Gasteiger partial charge < -0.3 is 10.6 Å². The Morgan fingerprint density at radius 3 is 2.22 bits per heavy atom. The molecule has 1 fully saturated rings. The number of anilines is 1. The Kier molecular flexibility index (Phi) is 5.41. The molecule has 0 radical (unpaired) electrons. The molecule has 0 aromatic heterocycles. The molecular formula is C16H22N2O4S. The molecule has 0 saturated carbocycles. The first-order chi connectivity index (χ1) is 10.9. The van der Waals surface area contributed by atoms with Gasteiger partial charge in [0.05, 0.1) is 11.5 Å². The molecule has 6 nitrogen and oxygen atoms in total. The van der Waals surface area contributed by atoms with Crippen molar-refractivity contribution < 1.29 is 18.0 Å². The van der Waals surface area contributed by atoms with Crippen molar-refractivity contribution in [1.29, 1.82) is 0 Å². The highest BCUT2D eigenvalue weighted by molar-refractivity contribution is 7.91. The summed E-state index contributed by atoms with van der Waals surface area (Å²) in [4.78, 5) is 24.1. The zero-order valence-electron chi connectivity index (χ0n) is 13.4. The molecule has 0 bridgehead atoms. The minimum absolute atomic E-state index is 0.0538. The Morgan fingerprint density at radius 1 is 1.13 bits per heavy atom. The third kappa shape index (κ3) is 4.31. The summed E-state index contributed by atoms with van der Waals surface area (Å²) in [6.07, 6.45) is 1.84. The number of hydrogen-bond donors (Lipinski definition) is 2. The van der Waals surface area contributed by atoms with Gasteiger partial charge in [0.2, 0.25) is 0 Å². The Labute approximate surface area is 136 Å². The lowest BCUT2D eigenvalue weighted by Gasteiger charge is -2.15. The molecule has 1 heterocycles. The van der Waals surface area contributed by atoms with E-state index in [1.807, 2.05) is 32.0 Å². The van der Waals surface area contributed by atoms with Crippen LogP contribution in [-0.2, 0) is 32.3 Å². The molecule has 1 aliphatic rings. The summed E-state index contributed by atoms with van der Waals surface area (Å²) < 4.78 is 22.8. The fraction of sp³-hybridized carbons (Fsp3) is 0.500. The van der Waals surface area contributed by atoms with Crippen molar-refractivity contribution in [2.75, 3.05) is 16.8 Å². The fourth-order valence-electron chi connectivity index (χ4n) is 2.73. The molecule has 1 aromatic carbocycles. The summed E-state index contributed by atoms with van der Waals surface area (Å²) in [5, 5.41) is 5.17. The van der Waals surface area contributed by atoms with E-state index in [1.54, 1.807) is 0 Å². The van der Waals surface area contributed by atoms with Crippen molar-refractivity contribution in [1.82, 2.24) is 5.32 Å². The Balaban J connectivity index is 2.06. The lowest BCUT2D eigenvalue weighted by atomic mass is 10.0. The average Bonchev–Trinajstić information content (AvgIpc) is 2.86. The molecule has 2 N–H and O–H groups in total. The van der Waals surface area contributed by atoms with Gasteiger partial charge in [-0.3, -0.25) is 9.59 Å². The van der Waals surface area contributed by atoms with E-state index in [2.05, 4.69) is 10.6 Å². The standard InChI is InChI=1S/C16H22N2O4S/c1-3-11-6-5-7-12(4-2)14(11)18-16(20)15(19)17-13-8-9-23(21,22)10-13/h5-7,13H,3-4,8-10H2,1-2H3,(H,17,19)(H,18,20). The third-order valence-corrected chi connectivity index (χ3v) is 5.78. The van der Waals surface area contributed by atoms with Gasteiger partial charge in [-0.1, -0.05) is 32.0 Å². The molecule has 126 valence electrons. The van der Waals surface area contributed by atoms with E-state index in [0.717, 1.165) is 24.0 Å². The first-order valence-corrected chi connectivity index (χ1v) is 9.61. The van der Waals surface area contributed by atoms with Crippen molar-refractivity contribution in [2.24, 2.45) is 0 Å². The Hall–Kier alpha value is -1.89. The smallest absolute Gasteiger partial charge is 0.313 e. The van der Waals surface area contributed by atoms with Crippen LogP contribution in [0.25, 0.3) is 0 Å². The SMILES string of the molecule is CCc1cccc(CC)c1NC(=O)C(=O)NC1CCS(=O)(=O)C1. The minimum atomic E-state index is -3.09. The van der Waals surface area contributed by atoms with Gasteiger partial charge in [0.1, 0.15) is 0 Å². The van der Waals surface area contributed by atoms with E-state index in [4.69, 9.17) is 0 Å². The molecule has 0 aliphatic carbocycles. The van der Waals surface area contributed by atoms with Crippen LogP contribution in [0.15, 0.2) is 18.2 Å². The van der Waals surface area contributed by atoms with Crippen LogP contribution >= 0.6 is 0 Å². The molecule has 0 spiro atoms. The fourth-order valence-corrected chi connectivity index (χ4v) is 4.41. The van der Waals surface area contributed by atoms with Crippen molar-refractivity contribution in [2.45, 2.75) is 39.2 Å². The second-order valence-corrected chi connectivity index (χ2v) is 7.91. The molecule has 7 heteroatoms. The van der Waals surface area contributed by atoms with Crippen LogP contribution in [-0.4, -0.2) is 37.8 Å². The summed E-state index contributed by atoms with van der Waals surface area (Å²) in [5.41, 5.74) is 2.61. The van der Waals surface area contributed by atoms with Gasteiger partial charge in [-0.2, -0.15) is 0 Å². The monoisotopic (exact) mass is 338 g/mol. The summed E-state index contributed by atoms with van der Waals surface area (Å²) in [7, 11) is -3.09. The number of sulfone groups is 1. The van der Waals surface area contributed by atoms with E-state index in [9.17, 15) is 18.0 Å². The number of rotatable bonds is 4. The van der Waals surface area contributed by atoms with Gasteiger partial charge in [0.15, 0.2) is 9.84 Å². The van der Waals surface area contributed by atoms with Gasteiger partial charge in [-0.05, 0) is 30.4 Å². The van der Waals surface area contributed by atoms with Crippen LogP contribution in [0, 0.1) is 0 Å². The van der Waals surface area contributed by atoms with Gasteiger partial charge in [0.25, 0.3) is 0 Å². The average molecular weight is 338 g/mol. The molecule has 1 aromatic rings. The maximum absolute atomic E-state index is 12.1. The van der Waals surface area contributed by atoms with Crippen LogP contribution < -0.4 is 10.6 Å². The van der Waals surface area contributed by atoms with Crippen LogP contribution in [0.2, 0.25) is 0 Å². The second-order valence-electron chi connectivity index (χ2n) is 5.69. The number of carbonyl (C=O) groups is 2. The predicted octanol–water partition coefficient (Wildman–Crippen LogP) is 1.05. The maximum atomic E-state index is 12.1. The number of para-hydroxylation sites is 1. The van der Waals surface area contributed by atoms with Gasteiger partial charge in [-0.15, -0.1) is 0 Å². The second kappa shape index (κ2) is 7.12. The number of carbonyl (C=O) groups excluding carboxylic acids is 2. The van der Waals surface area contributed by atoms with E-state index in [0.29, 0.717) is 12.1 Å². The lowest BCUT2D eigenvalue weighted by molar-refractivity contribution is -0.136. The number of nitrogens with one attached hydrogen (secondary N) is 2. The molecule has 2 rings (SSSR count). The quantitative estimate of drug-likeness (QED) is 0.803. The zero-order chi connectivity index (χ0) is 17.0. The number of hydrogen-bond acceptors (Lipinski definition) is 4. The molecular weight excluding hydrogens is 316 g/mol. The summed E-state index contributed by atoms with van der Waals surface area (Å²) in [5.74, 6) is -1.60. The number of aryl methyl sites for hydroxylation is 2. The summed E-state index contributed by atoms with van der Waals surface area (Å²) in [6, 6.07) is 5.27. The highest BCUT2D eigenvalue weighted by atomic mass is 32.2. The lowest BCUT2D eigenvalue weighted by Crippen LogP contribution is -2.42. The summed E-state index contributed by atoms with van der Waals surface area (Å²) >= 11 is 0. The van der Waals surface area contributed by atoms with Gasteiger partial charge in [0, 0.05) is 11.7 Å². The van der Waals surface area contributed by atoms with Crippen LogP contribution in [0.1, 0.15) is 31.4 Å². The van der Waals surface area contributed by atoms with Crippen LogP contribution in [0.5, 0.6) is 0 Å². The van der Waals surface area contributed by atoms with Gasteiger partial charge >= 0.3 is 11.8 Å². The van der Waals surface area contributed by atoms with E-state index in [1.165, 1.54) is 0 Å². The van der Waals surface area contributed by atoms with Crippen LogP contribution in [0.3, 0.4) is 0 Å². The molecule has 23 heavy (non-hydrogen) atoms. The predicted molar refractivity (Wildman–Crippen MR) is 89.0 cm³/mol. The van der Waals surface area contributed by atoms with Gasteiger partial charge in [-0.25, -0.2) is 8.42 Å². The molecule has 1 atom stereocenters. The Bertz CT molecular complexity index is 691. The number of amides is 2. The normalized spacial score (nSPS) is 19.3. The zero-order valence-corrected chi connectivity index (χ0v) is 14.2. The third-order valence-electron chi connectivity index (χ3n) is 4.01. The van der Waals surface area contributed by atoms with Crippen molar-refractivity contribution in [3.05, 3.63) is 29.3 Å². The van der Waals surface area contributed by atoms with E-state index in [-0.39, 0.29) is 11.5 Å². The van der Waals surface area contributed by atoms with Crippen molar-refractivity contribution in [3.8, 4) is 0 Å². The Morgan fingerprint density at radius 2 is 1.74 bits per heavy atom. The molecule has 1 unspecified atom stereocenters. The van der Waals surface area contributed by atoms with Crippen molar-refractivity contribution >= 4 is 27.3 Å². The molecule has 1 aliphatic heterocycles. The molecule has 2 amide bonds. The summed E-state index contributed by atoms with van der Waals surface area (Å²) in [6.45, 7) is 3.96. The van der Waals surface area contributed by atoms with Crippen LogP contribution in [0.4, 0.5) is 5.69 Å². The minimum Gasteiger partial charge on any atom is -0.344 e. The topological polar surface area (TPSA) is 92.3 Å². The highest BCUT2D eigenvalue weighted by Gasteiger charge is 2.30. The first-order valence-electron chi connectivity index (χ1n) is 7.79. The highest BCUT2D eigenvalue weighted by Crippen LogP contribution is 2.22. The maximum Gasteiger partial charge on any atom is 0.313 e. The number of benzene rings is 1. The van der Waals surface area contributed by atoms with E-state index >= 15 is 0 Å². The first kappa shape index (κ1) is 17.5.